The molecular weight excluding hydrogens is 428 g/mol. The Bertz CT molecular complexity index is 1080. The number of nitrogens with one attached hydrogen (secondary N) is 1. The predicted octanol–water partition coefficient (Wildman–Crippen LogP) is 6.93. The molecule has 0 radical (unpaired) electrons. The van der Waals surface area contributed by atoms with Crippen molar-refractivity contribution in [2.24, 2.45) is 0 Å². The molecule has 4 aromatic rings. The highest BCUT2D eigenvalue weighted by molar-refractivity contribution is 9.10. The molecule has 0 unspecified atom stereocenters. The standard InChI is InChI=1S/C24H19BrN2S/c1-18(26-21-14-12-20(25)13-15-21)16-24-27(22-10-6-3-7-11-22)23(17-28-24)19-8-4-2-5-9-19/h2-17H,1H3/p+1. The van der Waals surface area contributed by atoms with Gasteiger partial charge in [-0.25, -0.2) is 0 Å². The van der Waals surface area contributed by atoms with Crippen molar-refractivity contribution in [3.8, 4) is 16.9 Å². The van der Waals surface area contributed by atoms with E-state index in [-0.39, 0.29) is 0 Å². The highest BCUT2D eigenvalue weighted by Gasteiger charge is 2.22. The first-order valence-corrected chi connectivity index (χ1v) is 10.7. The van der Waals surface area contributed by atoms with E-state index in [0.717, 1.165) is 21.5 Å². The number of aromatic nitrogens is 1. The van der Waals surface area contributed by atoms with Crippen LogP contribution in [0.5, 0.6) is 0 Å². The Hall–Kier alpha value is -2.69. The van der Waals surface area contributed by atoms with E-state index in [2.05, 4.69) is 117 Å². The lowest BCUT2D eigenvalue weighted by molar-refractivity contribution is -0.580. The number of thiazole rings is 1. The topological polar surface area (TPSA) is 15.9 Å². The first kappa shape index (κ1) is 18.7. The number of nitrogens with zero attached hydrogens (tertiary/aromatic N) is 1. The lowest BCUT2D eigenvalue weighted by Crippen LogP contribution is -2.33. The van der Waals surface area contributed by atoms with E-state index in [1.807, 2.05) is 12.1 Å². The average Bonchev–Trinajstić information content (AvgIpc) is 3.14. The minimum atomic E-state index is 1.07. The van der Waals surface area contributed by atoms with Crippen molar-refractivity contribution in [2.75, 3.05) is 5.32 Å². The fourth-order valence-electron chi connectivity index (χ4n) is 3.07. The summed E-state index contributed by atoms with van der Waals surface area (Å²) in [4.78, 5) is 0. The van der Waals surface area contributed by atoms with Crippen LogP contribution in [0.4, 0.5) is 5.69 Å². The van der Waals surface area contributed by atoms with Gasteiger partial charge < -0.3 is 5.32 Å². The first-order valence-electron chi connectivity index (χ1n) is 9.06. The van der Waals surface area contributed by atoms with Gasteiger partial charge >= 0.3 is 0 Å². The minimum Gasteiger partial charge on any atom is -0.359 e. The zero-order chi connectivity index (χ0) is 19.3. The molecule has 0 saturated heterocycles. The van der Waals surface area contributed by atoms with Crippen LogP contribution in [-0.4, -0.2) is 0 Å². The summed E-state index contributed by atoms with van der Waals surface area (Å²) < 4.78 is 3.39. The van der Waals surface area contributed by atoms with Gasteiger partial charge in [0.1, 0.15) is 0 Å². The molecule has 0 saturated carbocycles. The van der Waals surface area contributed by atoms with Crippen molar-refractivity contribution in [1.82, 2.24) is 0 Å². The smallest absolute Gasteiger partial charge is 0.269 e. The summed E-state index contributed by atoms with van der Waals surface area (Å²) in [5.74, 6) is 0. The Labute approximate surface area is 177 Å². The number of rotatable bonds is 5. The lowest BCUT2D eigenvalue weighted by atomic mass is 10.1. The number of allylic oxidation sites excluding steroid dienone is 1. The molecule has 0 spiro atoms. The maximum atomic E-state index is 3.48. The fraction of sp³-hybridized carbons (Fsp3) is 0.0417. The van der Waals surface area contributed by atoms with Crippen LogP contribution in [0.1, 0.15) is 11.9 Å². The van der Waals surface area contributed by atoms with E-state index < -0.39 is 0 Å². The molecule has 3 aromatic carbocycles. The van der Waals surface area contributed by atoms with Crippen LogP contribution < -0.4 is 9.88 Å². The number of anilines is 1. The average molecular weight is 448 g/mol. The maximum Gasteiger partial charge on any atom is 0.269 e. The molecule has 4 rings (SSSR count). The molecule has 0 aliphatic rings. The van der Waals surface area contributed by atoms with Gasteiger partial charge in [0, 0.05) is 39.6 Å². The zero-order valence-electron chi connectivity index (χ0n) is 15.5. The number of hydrogen-bond donors (Lipinski definition) is 1. The summed E-state index contributed by atoms with van der Waals surface area (Å²) >= 11 is 5.23. The third-order valence-electron chi connectivity index (χ3n) is 4.36. The summed E-state index contributed by atoms with van der Waals surface area (Å²) in [6.07, 6.45) is 2.20. The third-order valence-corrected chi connectivity index (χ3v) is 5.77. The Kier molecular flexibility index (Phi) is 5.70. The van der Waals surface area contributed by atoms with Crippen LogP contribution in [0, 0.1) is 0 Å². The number of hydrogen-bond acceptors (Lipinski definition) is 2. The molecule has 1 aromatic heterocycles. The van der Waals surface area contributed by atoms with E-state index in [0.29, 0.717) is 0 Å². The molecule has 1 N–H and O–H groups in total. The molecule has 1 heterocycles. The third kappa shape index (κ3) is 4.24. The molecule has 0 bridgehead atoms. The Morgan fingerprint density at radius 3 is 2.21 bits per heavy atom. The van der Waals surface area contributed by atoms with Gasteiger partial charge in [0.05, 0.1) is 5.38 Å². The van der Waals surface area contributed by atoms with Crippen LogP contribution in [0.25, 0.3) is 23.0 Å². The van der Waals surface area contributed by atoms with Gasteiger partial charge in [-0.15, -0.1) is 4.57 Å². The summed E-state index contributed by atoms with van der Waals surface area (Å²) in [5, 5.41) is 6.88. The summed E-state index contributed by atoms with van der Waals surface area (Å²) in [5.41, 5.74) is 5.72. The van der Waals surface area contributed by atoms with Crippen LogP contribution in [-0.2, 0) is 0 Å². The summed E-state index contributed by atoms with van der Waals surface area (Å²) in [6, 6.07) is 29.2. The molecular formula is C24H20BrN2S+. The highest BCUT2D eigenvalue weighted by atomic mass is 79.9. The van der Waals surface area contributed by atoms with E-state index in [1.54, 1.807) is 11.3 Å². The lowest BCUT2D eigenvalue weighted by Gasteiger charge is -2.06. The van der Waals surface area contributed by atoms with Crippen LogP contribution in [0.15, 0.2) is 100 Å². The van der Waals surface area contributed by atoms with Gasteiger partial charge in [-0.1, -0.05) is 63.7 Å². The first-order chi connectivity index (χ1) is 13.7. The van der Waals surface area contributed by atoms with Crippen molar-refractivity contribution in [3.63, 3.8) is 0 Å². The molecule has 4 heteroatoms. The fourth-order valence-corrected chi connectivity index (χ4v) is 4.36. The largest absolute Gasteiger partial charge is 0.359 e. The predicted molar refractivity (Wildman–Crippen MR) is 123 cm³/mol. The summed E-state index contributed by atoms with van der Waals surface area (Å²) in [7, 11) is 0. The van der Waals surface area contributed by atoms with E-state index in [9.17, 15) is 0 Å². The minimum absolute atomic E-state index is 1.07. The van der Waals surface area contributed by atoms with Gasteiger partial charge in [0.15, 0.2) is 0 Å². The Morgan fingerprint density at radius 1 is 0.893 bits per heavy atom. The number of benzene rings is 3. The van der Waals surface area contributed by atoms with Crippen LogP contribution in [0.2, 0.25) is 0 Å². The molecule has 0 atom stereocenters. The Morgan fingerprint density at radius 2 is 1.54 bits per heavy atom. The van der Waals surface area contributed by atoms with Gasteiger partial charge in [0.25, 0.3) is 5.01 Å². The maximum absolute atomic E-state index is 3.48. The molecule has 0 fully saturated rings. The van der Waals surface area contributed by atoms with Gasteiger partial charge in [-0.2, -0.15) is 0 Å². The second kappa shape index (κ2) is 8.55. The Balaban J connectivity index is 1.74. The second-order valence-electron chi connectivity index (χ2n) is 6.46. The highest BCUT2D eigenvalue weighted by Crippen LogP contribution is 2.24. The SMILES string of the molecule is C/C(=C\c1scc(-c2ccccc2)[n+]1-c1ccccc1)Nc1ccc(Br)cc1. The zero-order valence-corrected chi connectivity index (χ0v) is 17.9. The molecule has 28 heavy (non-hydrogen) atoms. The number of halogens is 1. The van der Waals surface area contributed by atoms with Gasteiger partial charge in [-0.05, 0) is 43.3 Å². The second-order valence-corrected chi connectivity index (χ2v) is 8.26. The number of para-hydroxylation sites is 1. The van der Waals surface area contributed by atoms with Crippen molar-refractivity contribution in [1.29, 1.82) is 0 Å². The van der Waals surface area contributed by atoms with Crippen molar-refractivity contribution >= 4 is 39.0 Å². The van der Waals surface area contributed by atoms with Crippen LogP contribution in [0.3, 0.4) is 0 Å². The summed E-state index contributed by atoms with van der Waals surface area (Å²) in [6.45, 7) is 2.10. The van der Waals surface area contributed by atoms with Gasteiger partial charge in [0.2, 0.25) is 11.4 Å². The monoisotopic (exact) mass is 447 g/mol. The normalized spacial score (nSPS) is 11.4. The van der Waals surface area contributed by atoms with Gasteiger partial charge in [-0.3, -0.25) is 0 Å². The van der Waals surface area contributed by atoms with Crippen molar-refractivity contribution < 1.29 is 4.57 Å². The van der Waals surface area contributed by atoms with E-state index in [1.165, 1.54) is 16.3 Å². The molecule has 2 nitrogen and oxygen atoms in total. The molecule has 138 valence electrons. The van der Waals surface area contributed by atoms with E-state index in [4.69, 9.17) is 0 Å². The van der Waals surface area contributed by atoms with E-state index >= 15 is 0 Å². The molecule has 0 aliphatic heterocycles. The van der Waals surface area contributed by atoms with Crippen molar-refractivity contribution in [2.45, 2.75) is 6.92 Å². The quantitative estimate of drug-likeness (QED) is 0.328. The van der Waals surface area contributed by atoms with Crippen molar-refractivity contribution in [3.05, 3.63) is 105 Å². The van der Waals surface area contributed by atoms with Crippen LogP contribution >= 0.6 is 27.3 Å². The molecule has 0 aliphatic carbocycles. The molecule has 0 amide bonds.